The Labute approximate surface area is 145 Å². The zero-order valence-corrected chi connectivity index (χ0v) is 14.5. The minimum Gasteiger partial charge on any atom is -0.493 e. The monoisotopic (exact) mass is 343 g/mol. The highest BCUT2D eigenvalue weighted by Gasteiger charge is 2.10. The molecule has 0 spiro atoms. The average Bonchev–Trinajstić information content (AvgIpc) is 3.01. The maximum absolute atomic E-state index is 9.31. The molecule has 3 aromatic rings. The van der Waals surface area contributed by atoms with Crippen LogP contribution < -0.4 is 4.74 Å². The van der Waals surface area contributed by atoms with E-state index in [0.717, 1.165) is 29.6 Å². The van der Waals surface area contributed by atoms with E-state index in [1.54, 1.807) is 11.8 Å². The van der Waals surface area contributed by atoms with Gasteiger partial charge in [-0.3, -0.25) is 0 Å². The zero-order chi connectivity index (χ0) is 16.8. The van der Waals surface area contributed by atoms with Crippen LogP contribution in [0.4, 0.5) is 0 Å². The lowest BCUT2D eigenvalue weighted by Gasteiger charge is -2.09. The van der Waals surface area contributed by atoms with Crippen molar-refractivity contribution in [3.63, 3.8) is 0 Å². The summed E-state index contributed by atoms with van der Waals surface area (Å²) in [5, 5.41) is 20.7. The van der Waals surface area contributed by atoms with Gasteiger partial charge in [0.1, 0.15) is 12.4 Å². The van der Waals surface area contributed by atoms with Crippen molar-refractivity contribution in [2.45, 2.75) is 31.7 Å². The molecule has 0 radical (unpaired) electrons. The topological polar surface area (TPSA) is 60.2 Å². The first-order chi connectivity index (χ1) is 11.8. The number of ether oxygens (including phenoxy) is 1. The standard InChI is InChI=1S/C18H21N3O2S/c1-2-9-21-17(13-22)19-20-18(21)24-11-10-23-16-8-7-14-5-3-4-6-15(14)12-16/h3-8,12,22H,2,9-11,13H2,1H3. The van der Waals surface area contributed by atoms with Crippen LogP contribution in [-0.2, 0) is 13.2 Å². The van der Waals surface area contributed by atoms with Crippen molar-refractivity contribution in [3.05, 3.63) is 48.3 Å². The Morgan fingerprint density at radius 1 is 1.12 bits per heavy atom. The van der Waals surface area contributed by atoms with Gasteiger partial charge >= 0.3 is 0 Å². The van der Waals surface area contributed by atoms with Gasteiger partial charge in [0.2, 0.25) is 0 Å². The lowest BCUT2D eigenvalue weighted by Crippen LogP contribution is -2.06. The maximum Gasteiger partial charge on any atom is 0.191 e. The summed E-state index contributed by atoms with van der Waals surface area (Å²) in [6.07, 6.45) is 0.978. The van der Waals surface area contributed by atoms with Crippen molar-refractivity contribution in [1.29, 1.82) is 0 Å². The van der Waals surface area contributed by atoms with E-state index in [0.29, 0.717) is 12.4 Å². The highest BCUT2D eigenvalue weighted by molar-refractivity contribution is 7.99. The van der Waals surface area contributed by atoms with Crippen molar-refractivity contribution < 1.29 is 9.84 Å². The summed E-state index contributed by atoms with van der Waals surface area (Å²) in [7, 11) is 0. The van der Waals surface area contributed by atoms with E-state index in [9.17, 15) is 5.11 Å². The van der Waals surface area contributed by atoms with Gasteiger partial charge in [0.15, 0.2) is 11.0 Å². The fourth-order valence-electron chi connectivity index (χ4n) is 2.54. The summed E-state index contributed by atoms with van der Waals surface area (Å²) >= 11 is 1.60. The molecule has 0 unspecified atom stereocenters. The third-order valence-electron chi connectivity index (χ3n) is 3.69. The largest absolute Gasteiger partial charge is 0.493 e. The predicted molar refractivity (Wildman–Crippen MR) is 96.4 cm³/mol. The van der Waals surface area contributed by atoms with E-state index < -0.39 is 0 Å². The highest BCUT2D eigenvalue weighted by atomic mass is 32.2. The fourth-order valence-corrected chi connectivity index (χ4v) is 3.34. The second-order valence-electron chi connectivity index (χ2n) is 5.41. The molecule has 0 aliphatic rings. The molecule has 0 aliphatic carbocycles. The number of aromatic nitrogens is 3. The number of benzene rings is 2. The Hall–Kier alpha value is -2.05. The van der Waals surface area contributed by atoms with Crippen LogP contribution in [0.25, 0.3) is 10.8 Å². The van der Waals surface area contributed by atoms with Gasteiger partial charge < -0.3 is 14.4 Å². The normalized spacial score (nSPS) is 11.1. The van der Waals surface area contributed by atoms with Crippen molar-refractivity contribution in [2.24, 2.45) is 0 Å². The van der Waals surface area contributed by atoms with Crippen molar-refractivity contribution in [1.82, 2.24) is 14.8 Å². The highest BCUT2D eigenvalue weighted by Crippen LogP contribution is 2.22. The first kappa shape index (κ1) is 16.8. The Morgan fingerprint density at radius 3 is 2.75 bits per heavy atom. The third-order valence-corrected chi connectivity index (χ3v) is 4.62. The molecule has 0 saturated carbocycles. The van der Waals surface area contributed by atoms with Gasteiger partial charge in [-0.15, -0.1) is 10.2 Å². The van der Waals surface area contributed by atoms with Crippen LogP contribution in [0.15, 0.2) is 47.6 Å². The summed E-state index contributed by atoms with van der Waals surface area (Å²) in [6.45, 7) is 3.42. The number of aliphatic hydroxyl groups is 1. The molecule has 0 bridgehead atoms. The number of rotatable bonds is 8. The number of fused-ring (bicyclic) bond motifs is 1. The fraction of sp³-hybridized carbons (Fsp3) is 0.333. The molecule has 0 saturated heterocycles. The van der Waals surface area contributed by atoms with Gasteiger partial charge in [-0.2, -0.15) is 0 Å². The van der Waals surface area contributed by atoms with Crippen molar-refractivity contribution in [2.75, 3.05) is 12.4 Å². The molecule has 6 heteroatoms. The molecule has 1 N–H and O–H groups in total. The number of thioether (sulfide) groups is 1. The van der Waals surface area contributed by atoms with E-state index in [1.165, 1.54) is 10.8 Å². The lowest BCUT2D eigenvalue weighted by atomic mass is 10.1. The van der Waals surface area contributed by atoms with Gasteiger partial charge in [0.05, 0.1) is 6.61 Å². The van der Waals surface area contributed by atoms with Crippen LogP contribution in [0.3, 0.4) is 0 Å². The Morgan fingerprint density at radius 2 is 1.96 bits per heavy atom. The molecule has 1 heterocycles. The van der Waals surface area contributed by atoms with Crippen LogP contribution >= 0.6 is 11.8 Å². The first-order valence-corrected chi connectivity index (χ1v) is 9.07. The van der Waals surface area contributed by atoms with E-state index >= 15 is 0 Å². The minimum absolute atomic E-state index is 0.0822. The first-order valence-electron chi connectivity index (χ1n) is 8.09. The minimum atomic E-state index is -0.0822. The van der Waals surface area contributed by atoms with Crippen LogP contribution in [-0.4, -0.2) is 32.2 Å². The van der Waals surface area contributed by atoms with E-state index in [1.807, 2.05) is 22.8 Å². The van der Waals surface area contributed by atoms with Crippen LogP contribution in [0.5, 0.6) is 5.75 Å². The average molecular weight is 343 g/mol. The van der Waals surface area contributed by atoms with Crippen molar-refractivity contribution in [3.8, 4) is 5.75 Å². The summed E-state index contributed by atoms with van der Waals surface area (Å²) in [6, 6.07) is 14.4. The molecule has 126 valence electrons. The van der Waals surface area contributed by atoms with Gasteiger partial charge in [0.25, 0.3) is 0 Å². The summed E-state index contributed by atoms with van der Waals surface area (Å²) in [5.41, 5.74) is 0. The molecule has 1 aromatic heterocycles. The van der Waals surface area contributed by atoms with Gasteiger partial charge in [-0.1, -0.05) is 49.0 Å². The molecule has 0 aliphatic heterocycles. The van der Waals surface area contributed by atoms with Gasteiger partial charge in [-0.25, -0.2) is 0 Å². The number of hydrogen-bond donors (Lipinski definition) is 1. The zero-order valence-electron chi connectivity index (χ0n) is 13.7. The smallest absolute Gasteiger partial charge is 0.191 e. The molecular weight excluding hydrogens is 322 g/mol. The van der Waals surface area contributed by atoms with Crippen LogP contribution in [0.1, 0.15) is 19.2 Å². The lowest BCUT2D eigenvalue weighted by molar-refractivity contribution is 0.263. The summed E-state index contributed by atoms with van der Waals surface area (Å²) in [5.74, 6) is 2.27. The third kappa shape index (κ3) is 3.88. The summed E-state index contributed by atoms with van der Waals surface area (Å²) in [4.78, 5) is 0. The molecule has 2 aromatic carbocycles. The van der Waals surface area contributed by atoms with E-state index in [-0.39, 0.29) is 6.61 Å². The maximum atomic E-state index is 9.31. The Bertz CT molecular complexity index is 804. The molecule has 24 heavy (non-hydrogen) atoms. The number of hydrogen-bond acceptors (Lipinski definition) is 5. The van der Waals surface area contributed by atoms with E-state index in [2.05, 4.69) is 41.4 Å². The number of nitrogens with zero attached hydrogens (tertiary/aromatic N) is 3. The van der Waals surface area contributed by atoms with Gasteiger partial charge in [0, 0.05) is 12.3 Å². The molecule has 0 amide bonds. The quantitative estimate of drug-likeness (QED) is 0.501. The Kier molecular flexibility index (Phi) is 5.72. The second kappa shape index (κ2) is 8.17. The molecular formula is C18H21N3O2S. The van der Waals surface area contributed by atoms with Crippen LogP contribution in [0, 0.1) is 0 Å². The van der Waals surface area contributed by atoms with Crippen molar-refractivity contribution >= 4 is 22.5 Å². The molecule has 5 nitrogen and oxygen atoms in total. The molecule has 0 fully saturated rings. The molecule has 3 rings (SSSR count). The number of aliphatic hydroxyl groups excluding tert-OH is 1. The second-order valence-corrected chi connectivity index (χ2v) is 6.48. The molecule has 0 atom stereocenters. The van der Waals surface area contributed by atoms with Crippen LogP contribution in [0.2, 0.25) is 0 Å². The van der Waals surface area contributed by atoms with Gasteiger partial charge in [-0.05, 0) is 29.3 Å². The predicted octanol–water partition coefficient (Wildman–Crippen LogP) is 3.50. The summed E-state index contributed by atoms with van der Waals surface area (Å²) < 4.78 is 7.81. The SMILES string of the molecule is CCCn1c(CO)nnc1SCCOc1ccc2ccccc2c1. The Balaban J connectivity index is 1.55. The van der Waals surface area contributed by atoms with E-state index in [4.69, 9.17) is 4.74 Å².